The quantitative estimate of drug-likeness (QED) is 0.835. The van der Waals surface area contributed by atoms with Gasteiger partial charge in [0, 0.05) is 0 Å². The molecule has 0 aliphatic rings. The third-order valence-corrected chi connectivity index (χ3v) is 3.73. The topological polar surface area (TPSA) is 20.2 Å². The van der Waals surface area contributed by atoms with E-state index in [1.807, 2.05) is 0 Å². The van der Waals surface area contributed by atoms with Gasteiger partial charge in [-0.1, -0.05) is 45.0 Å². The maximum Gasteiger partial charge on any atom is 0.121 e. The summed E-state index contributed by atoms with van der Waals surface area (Å²) in [4.78, 5) is 0. The van der Waals surface area contributed by atoms with Crippen molar-refractivity contribution in [2.24, 2.45) is 0 Å². The second kappa shape index (κ2) is 5.92. The fraction of sp³-hybridized carbons (Fsp3) is 0.333. The normalized spacial score (nSPS) is 10.7. The number of rotatable bonds is 4. The van der Waals surface area contributed by atoms with Crippen LogP contribution in [0.5, 0.6) is 5.75 Å². The number of phenolic OH excluding ortho intramolecular Hbond substituents is 1. The Balaban J connectivity index is 2.48. The summed E-state index contributed by atoms with van der Waals surface area (Å²) in [6.45, 7) is 6.33. The monoisotopic (exact) mass is 254 g/mol. The molecule has 1 nitrogen and oxygen atoms in total. The lowest BCUT2D eigenvalue weighted by molar-refractivity contribution is 0.462. The molecule has 0 saturated heterocycles. The highest BCUT2D eigenvalue weighted by molar-refractivity contribution is 5.67. The zero-order chi connectivity index (χ0) is 13.8. The van der Waals surface area contributed by atoms with Gasteiger partial charge in [0.25, 0.3) is 0 Å². The van der Waals surface area contributed by atoms with E-state index in [1.54, 1.807) is 0 Å². The van der Waals surface area contributed by atoms with Crippen LogP contribution in [0.15, 0.2) is 36.4 Å². The number of aromatic hydroxyl groups is 1. The molecule has 0 aliphatic carbocycles. The number of aryl methyl sites for hydroxylation is 3. The molecule has 1 N–H and O–H groups in total. The summed E-state index contributed by atoms with van der Waals surface area (Å²) >= 11 is 0. The Morgan fingerprint density at radius 3 is 1.68 bits per heavy atom. The van der Waals surface area contributed by atoms with Crippen LogP contribution in [0.3, 0.4) is 0 Å². The van der Waals surface area contributed by atoms with Gasteiger partial charge in [0.2, 0.25) is 0 Å². The van der Waals surface area contributed by atoms with E-state index in [0.717, 1.165) is 30.4 Å². The van der Waals surface area contributed by atoms with Gasteiger partial charge < -0.3 is 5.11 Å². The zero-order valence-corrected chi connectivity index (χ0v) is 12.0. The summed E-state index contributed by atoms with van der Waals surface area (Å²) in [5.74, 6) is 0.471. The number of hydrogen-bond donors (Lipinski definition) is 1. The molecule has 0 bridgehead atoms. The molecule has 0 spiro atoms. The van der Waals surface area contributed by atoms with Crippen LogP contribution >= 0.6 is 0 Å². The molecular formula is C18H22O. The van der Waals surface area contributed by atoms with Crippen LogP contribution in [-0.2, 0) is 19.3 Å². The average molecular weight is 254 g/mol. The molecule has 2 aromatic carbocycles. The Morgan fingerprint density at radius 1 is 0.737 bits per heavy atom. The Morgan fingerprint density at radius 2 is 1.26 bits per heavy atom. The number of benzene rings is 2. The van der Waals surface area contributed by atoms with Crippen LogP contribution in [0.2, 0.25) is 0 Å². The molecule has 0 saturated carbocycles. The highest BCUT2D eigenvalue weighted by Crippen LogP contribution is 2.31. The van der Waals surface area contributed by atoms with Crippen molar-refractivity contribution in [3.63, 3.8) is 0 Å². The van der Waals surface area contributed by atoms with Crippen molar-refractivity contribution in [1.82, 2.24) is 0 Å². The molecule has 0 fully saturated rings. The van der Waals surface area contributed by atoms with E-state index >= 15 is 0 Å². The predicted octanol–water partition coefficient (Wildman–Crippen LogP) is 4.75. The third kappa shape index (κ3) is 2.81. The predicted molar refractivity (Wildman–Crippen MR) is 81.7 cm³/mol. The van der Waals surface area contributed by atoms with E-state index < -0.39 is 0 Å². The second-order valence-electron chi connectivity index (χ2n) is 4.90. The average Bonchev–Trinajstić information content (AvgIpc) is 2.47. The molecule has 0 aliphatic heterocycles. The van der Waals surface area contributed by atoms with Crippen molar-refractivity contribution >= 4 is 0 Å². The van der Waals surface area contributed by atoms with Crippen molar-refractivity contribution in [1.29, 1.82) is 0 Å². The Hall–Kier alpha value is -1.76. The molecule has 1 heteroatoms. The third-order valence-electron chi connectivity index (χ3n) is 3.73. The Kier molecular flexibility index (Phi) is 4.26. The van der Waals surface area contributed by atoms with Crippen LogP contribution in [0, 0.1) is 0 Å². The largest absolute Gasteiger partial charge is 0.507 e. The molecule has 2 aromatic rings. The molecule has 0 radical (unpaired) electrons. The minimum atomic E-state index is 0.471. The molecule has 0 atom stereocenters. The molecule has 100 valence electrons. The first-order valence-corrected chi connectivity index (χ1v) is 7.13. The molecule has 0 aromatic heterocycles. The Labute approximate surface area is 115 Å². The van der Waals surface area contributed by atoms with Gasteiger partial charge in [0.1, 0.15) is 5.75 Å². The first-order valence-electron chi connectivity index (χ1n) is 7.13. The number of phenols is 1. The van der Waals surface area contributed by atoms with Crippen LogP contribution in [0.25, 0.3) is 11.1 Å². The van der Waals surface area contributed by atoms with E-state index in [-0.39, 0.29) is 0 Å². The van der Waals surface area contributed by atoms with Crippen LogP contribution in [0.1, 0.15) is 37.5 Å². The van der Waals surface area contributed by atoms with Crippen LogP contribution < -0.4 is 0 Å². The summed E-state index contributed by atoms with van der Waals surface area (Å²) in [6.07, 6.45) is 2.79. The van der Waals surface area contributed by atoms with Crippen LogP contribution in [-0.4, -0.2) is 5.11 Å². The maximum absolute atomic E-state index is 10.1. The fourth-order valence-corrected chi connectivity index (χ4v) is 2.40. The van der Waals surface area contributed by atoms with E-state index in [1.165, 1.54) is 16.7 Å². The van der Waals surface area contributed by atoms with Gasteiger partial charge in [-0.3, -0.25) is 0 Å². The van der Waals surface area contributed by atoms with Gasteiger partial charge in [0.05, 0.1) is 0 Å². The van der Waals surface area contributed by atoms with E-state index in [2.05, 4.69) is 57.2 Å². The van der Waals surface area contributed by atoms with Crippen molar-refractivity contribution < 1.29 is 5.11 Å². The molecular weight excluding hydrogens is 232 g/mol. The van der Waals surface area contributed by atoms with Gasteiger partial charge in [-0.2, -0.15) is 0 Å². The zero-order valence-electron chi connectivity index (χ0n) is 12.0. The van der Waals surface area contributed by atoms with Crippen molar-refractivity contribution in [3.05, 3.63) is 53.1 Å². The highest BCUT2D eigenvalue weighted by Gasteiger charge is 2.08. The minimum absolute atomic E-state index is 0.471. The highest BCUT2D eigenvalue weighted by atomic mass is 16.3. The van der Waals surface area contributed by atoms with E-state index in [4.69, 9.17) is 0 Å². The minimum Gasteiger partial charge on any atom is -0.507 e. The smallest absolute Gasteiger partial charge is 0.121 e. The van der Waals surface area contributed by atoms with Gasteiger partial charge in [-0.15, -0.1) is 0 Å². The Bertz CT molecular complexity index is 527. The lowest BCUT2D eigenvalue weighted by Gasteiger charge is -2.11. The van der Waals surface area contributed by atoms with Crippen molar-refractivity contribution in [2.75, 3.05) is 0 Å². The fourth-order valence-electron chi connectivity index (χ4n) is 2.40. The molecule has 19 heavy (non-hydrogen) atoms. The van der Waals surface area contributed by atoms with Gasteiger partial charge in [-0.25, -0.2) is 0 Å². The van der Waals surface area contributed by atoms with Crippen molar-refractivity contribution in [3.8, 4) is 16.9 Å². The summed E-state index contributed by atoms with van der Waals surface area (Å²) in [6, 6.07) is 12.9. The second-order valence-corrected chi connectivity index (χ2v) is 4.90. The van der Waals surface area contributed by atoms with E-state index in [0.29, 0.717) is 5.75 Å². The lowest BCUT2D eigenvalue weighted by atomic mass is 9.96. The first-order chi connectivity index (χ1) is 9.19. The SMILES string of the molecule is CCc1ccc(-c2cc(CC)c(O)c(CC)c2)cc1. The maximum atomic E-state index is 10.1. The van der Waals surface area contributed by atoms with Gasteiger partial charge in [0.15, 0.2) is 0 Å². The molecule has 0 heterocycles. The summed E-state index contributed by atoms with van der Waals surface area (Å²) < 4.78 is 0. The standard InChI is InChI=1S/C18H22O/c1-4-13-7-9-16(10-8-13)17-11-14(5-2)18(19)15(6-3)12-17/h7-12,19H,4-6H2,1-3H3. The van der Waals surface area contributed by atoms with Gasteiger partial charge in [-0.05, 0) is 59.2 Å². The molecule has 2 rings (SSSR count). The molecule has 0 unspecified atom stereocenters. The first kappa shape index (κ1) is 13.7. The summed E-state index contributed by atoms with van der Waals surface area (Å²) in [5, 5.41) is 10.1. The van der Waals surface area contributed by atoms with Crippen molar-refractivity contribution in [2.45, 2.75) is 40.0 Å². The van der Waals surface area contributed by atoms with Gasteiger partial charge >= 0.3 is 0 Å². The summed E-state index contributed by atoms with van der Waals surface area (Å²) in [7, 11) is 0. The summed E-state index contributed by atoms with van der Waals surface area (Å²) in [5.41, 5.74) is 5.85. The number of hydrogen-bond acceptors (Lipinski definition) is 1. The molecule has 0 amide bonds. The lowest BCUT2D eigenvalue weighted by Crippen LogP contribution is -1.91. The van der Waals surface area contributed by atoms with Crippen LogP contribution in [0.4, 0.5) is 0 Å². The van der Waals surface area contributed by atoms with E-state index in [9.17, 15) is 5.11 Å².